The molecule has 0 radical (unpaired) electrons. The van der Waals surface area contributed by atoms with E-state index in [9.17, 15) is 10.1 Å². The van der Waals surface area contributed by atoms with Gasteiger partial charge in [-0.2, -0.15) is 5.26 Å². The lowest BCUT2D eigenvalue weighted by molar-refractivity contribution is 0.0697. The highest BCUT2D eigenvalue weighted by Gasteiger charge is 2.14. The highest BCUT2D eigenvalue weighted by molar-refractivity contribution is 14.1. The van der Waals surface area contributed by atoms with Gasteiger partial charge in [-0.15, -0.1) is 0 Å². The van der Waals surface area contributed by atoms with Crippen LogP contribution in [-0.4, -0.2) is 23.8 Å². The Morgan fingerprint density at radius 3 is 2.41 bits per heavy atom. The molecule has 0 saturated heterocycles. The number of rotatable bonds is 7. The second-order valence-electron chi connectivity index (χ2n) is 5.98. The molecule has 2 aromatic rings. The zero-order chi connectivity index (χ0) is 20.0. The number of nitriles is 1. The molecule has 0 aliphatic carbocycles. The number of ether oxygens (including phenoxy) is 2. The summed E-state index contributed by atoms with van der Waals surface area (Å²) in [5, 5.41) is 18.5. The van der Waals surface area contributed by atoms with Crippen LogP contribution in [0.1, 0.15) is 42.3 Å². The summed E-state index contributed by atoms with van der Waals surface area (Å²) in [6.07, 6.45) is 1.76. The molecule has 0 unspecified atom stereocenters. The predicted molar refractivity (Wildman–Crippen MR) is 113 cm³/mol. The van der Waals surface area contributed by atoms with Crippen molar-refractivity contribution in [3.05, 3.63) is 56.7 Å². The minimum atomic E-state index is -0.999. The molecule has 0 atom stereocenters. The molecule has 2 aromatic carbocycles. The number of benzene rings is 2. The van der Waals surface area contributed by atoms with Crippen molar-refractivity contribution in [3.8, 4) is 17.6 Å². The first-order valence-corrected chi connectivity index (χ1v) is 9.52. The molecule has 0 amide bonds. The van der Waals surface area contributed by atoms with Crippen LogP contribution in [0.3, 0.4) is 0 Å². The van der Waals surface area contributed by atoms with Gasteiger partial charge < -0.3 is 14.6 Å². The summed E-state index contributed by atoms with van der Waals surface area (Å²) in [6.45, 7) is 6.31. The zero-order valence-corrected chi connectivity index (χ0v) is 17.5. The number of carboxylic acid groups (broad SMARTS) is 1. The van der Waals surface area contributed by atoms with Crippen LogP contribution in [0, 0.1) is 14.9 Å². The number of allylic oxidation sites excluding steroid dienone is 1. The van der Waals surface area contributed by atoms with E-state index >= 15 is 0 Å². The molecule has 5 nitrogen and oxygen atoms in total. The molecule has 140 valence electrons. The monoisotopic (exact) mass is 477 g/mol. The smallest absolute Gasteiger partial charge is 0.335 e. The summed E-state index contributed by atoms with van der Waals surface area (Å²) in [5.74, 6) is 0.317. The molecule has 2 rings (SSSR count). The summed E-state index contributed by atoms with van der Waals surface area (Å²) in [6, 6.07) is 12.2. The second-order valence-corrected chi connectivity index (χ2v) is 7.14. The fraction of sp³-hybridized carbons (Fsp3) is 0.238. The van der Waals surface area contributed by atoms with Crippen LogP contribution < -0.4 is 9.47 Å². The third-order valence-electron chi connectivity index (χ3n) is 3.56. The quantitative estimate of drug-likeness (QED) is 0.335. The van der Waals surface area contributed by atoms with Gasteiger partial charge >= 0.3 is 5.97 Å². The van der Waals surface area contributed by atoms with Gasteiger partial charge in [-0.1, -0.05) is 12.1 Å². The highest BCUT2D eigenvalue weighted by atomic mass is 127. The van der Waals surface area contributed by atoms with Gasteiger partial charge in [0.1, 0.15) is 0 Å². The summed E-state index contributed by atoms with van der Waals surface area (Å²) >= 11 is 2.19. The molecule has 1 N–H and O–H groups in total. The van der Waals surface area contributed by atoms with Crippen molar-refractivity contribution < 1.29 is 19.4 Å². The van der Waals surface area contributed by atoms with E-state index in [4.69, 9.17) is 14.6 Å². The number of carboxylic acids is 1. The van der Waals surface area contributed by atoms with E-state index in [1.54, 1.807) is 18.2 Å². The first kappa shape index (κ1) is 20.8. The molecule has 0 saturated carbocycles. The maximum absolute atomic E-state index is 11.0. The number of nitrogens with zero attached hydrogens (tertiary/aromatic N) is 1. The maximum atomic E-state index is 11.0. The first-order chi connectivity index (χ1) is 12.8. The maximum Gasteiger partial charge on any atom is 0.335 e. The highest BCUT2D eigenvalue weighted by Crippen LogP contribution is 2.36. The summed E-state index contributed by atoms with van der Waals surface area (Å²) in [7, 11) is 0. The van der Waals surface area contributed by atoms with Crippen molar-refractivity contribution in [2.24, 2.45) is 0 Å². The van der Waals surface area contributed by atoms with E-state index in [1.807, 2.05) is 32.9 Å². The Hall–Kier alpha value is -2.53. The Morgan fingerprint density at radius 1 is 1.26 bits per heavy atom. The van der Waals surface area contributed by atoms with Crippen LogP contribution >= 0.6 is 22.6 Å². The van der Waals surface area contributed by atoms with Crippen molar-refractivity contribution >= 4 is 40.2 Å². The molecule has 0 heterocycles. The number of hydrogen-bond donors (Lipinski definition) is 1. The molecule has 0 spiro atoms. The summed E-state index contributed by atoms with van der Waals surface area (Å²) in [4.78, 5) is 11.0. The van der Waals surface area contributed by atoms with Gasteiger partial charge in [-0.3, -0.25) is 0 Å². The average Bonchev–Trinajstić information content (AvgIpc) is 2.62. The molecule has 0 fully saturated rings. The van der Waals surface area contributed by atoms with Gasteiger partial charge in [0, 0.05) is 0 Å². The van der Waals surface area contributed by atoms with Crippen LogP contribution in [0.4, 0.5) is 0 Å². The third kappa shape index (κ3) is 5.47. The summed E-state index contributed by atoms with van der Waals surface area (Å²) < 4.78 is 12.5. The predicted octanol–water partition coefficient (Wildman–Crippen LogP) is 5.24. The lowest BCUT2D eigenvalue weighted by atomic mass is 10.0. The topological polar surface area (TPSA) is 79.5 Å². The van der Waals surface area contributed by atoms with E-state index in [1.165, 1.54) is 12.1 Å². The van der Waals surface area contributed by atoms with Gasteiger partial charge in [-0.25, -0.2) is 4.79 Å². The summed E-state index contributed by atoms with van der Waals surface area (Å²) in [5.41, 5.74) is 2.07. The molecule has 0 aliphatic rings. The lowest BCUT2D eigenvalue weighted by Crippen LogP contribution is -2.09. The minimum absolute atomic E-state index is 0.0153. The standard InChI is InChI=1S/C21H20INO4/c1-4-26-19-11-14(10-18(22)20(19)27-13(2)3)9-17(12-23)15-5-7-16(8-6-15)21(24)25/h5-11,13H,4H2,1-3H3,(H,24,25)/b17-9-. The first-order valence-electron chi connectivity index (χ1n) is 8.44. The van der Waals surface area contributed by atoms with Crippen molar-refractivity contribution in [1.29, 1.82) is 5.26 Å². The Balaban J connectivity index is 2.45. The third-order valence-corrected chi connectivity index (χ3v) is 4.36. The number of aromatic carboxylic acids is 1. The Morgan fingerprint density at radius 2 is 1.89 bits per heavy atom. The molecule has 6 heteroatoms. The van der Waals surface area contributed by atoms with Crippen LogP contribution in [0.15, 0.2) is 36.4 Å². The molecule has 0 bridgehead atoms. The largest absolute Gasteiger partial charge is 0.490 e. The zero-order valence-electron chi connectivity index (χ0n) is 15.3. The van der Waals surface area contributed by atoms with Crippen molar-refractivity contribution in [1.82, 2.24) is 0 Å². The Kier molecular flexibility index (Phi) is 7.25. The van der Waals surface area contributed by atoms with Gasteiger partial charge in [-0.05, 0) is 84.8 Å². The van der Waals surface area contributed by atoms with Gasteiger partial charge in [0.2, 0.25) is 0 Å². The van der Waals surface area contributed by atoms with E-state index in [0.717, 1.165) is 9.13 Å². The number of carbonyl (C=O) groups is 1. The van der Waals surface area contributed by atoms with E-state index in [2.05, 4.69) is 28.7 Å². The number of hydrogen-bond acceptors (Lipinski definition) is 4. The molecule has 0 aliphatic heterocycles. The van der Waals surface area contributed by atoms with Crippen molar-refractivity contribution in [3.63, 3.8) is 0 Å². The van der Waals surface area contributed by atoms with Crippen LogP contribution in [0.5, 0.6) is 11.5 Å². The van der Waals surface area contributed by atoms with E-state index < -0.39 is 5.97 Å². The Bertz CT molecular complexity index is 896. The van der Waals surface area contributed by atoms with Gasteiger partial charge in [0.05, 0.1) is 33.5 Å². The van der Waals surface area contributed by atoms with E-state index in [0.29, 0.717) is 29.2 Å². The molecular formula is C21H20INO4. The average molecular weight is 477 g/mol. The fourth-order valence-corrected chi connectivity index (χ4v) is 3.18. The van der Waals surface area contributed by atoms with E-state index in [-0.39, 0.29) is 11.7 Å². The SMILES string of the molecule is CCOc1cc(/C=C(/C#N)c2ccc(C(=O)O)cc2)cc(I)c1OC(C)C. The van der Waals surface area contributed by atoms with Crippen LogP contribution in [-0.2, 0) is 0 Å². The van der Waals surface area contributed by atoms with Crippen molar-refractivity contribution in [2.45, 2.75) is 26.9 Å². The molecular weight excluding hydrogens is 457 g/mol. The number of halogens is 1. The minimum Gasteiger partial charge on any atom is -0.490 e. The van der Waals surface area contributed by atoms with Crippen LogP contribution in [0.2, 0.25) is 0 Å². The fourth-order valence-electron chi connectivity index (χ4n) is 2.42. The van der Waals surface area contributed by atoms with Gasteiger partial charge in [0.15, 0.2) is 11.5 Å². The Labute approximate surface area is 172 Å². The lowest BCUT2D eigenvalue weighted by Gasteiger charge is -2.17. The van der Waals surface area contributed by atoms with Crippen LogP contribution in [0.25, 0.3) is 11.6 Å². The normalized spacial score (nSPS) is 11.2. The molecule has 0 aromatic heterocycles. The molecule has 27 heavy (non-hydrogen) atoms. The van der Waals surface area contributed by atoms with Gasteiger partial charge in [0.25, 0.3) is 0 Å². The second kappa shape index (κ2) is 9.42. The van der Waals surface area contributed by atoms with Crippen molar-refractivity contribution in [2.75, 3.05) is 6.61 Å².